The van der Waals surface area contributed by atoms with Crippen molar-refractivity contribution in [3.63, 3.8) is 0 Å². The van der Waals surface area contributed by atoms with Gasteiger partial charge in [-0.2, -0.15) is 0 Å². The van der Waals surface area contributed by atoms with E-state index in [1.807, 2.05) is 44.2 Å². The molecule has 0 unspecified atom stereocenters. The summed E-state index contributed by atoms with van der Waals surface area (Å²) in [5.74, 6) is 0.128. The third kappa shape index (κ3) is 3.91. The van der Waals surface area contributed by atoms with Gasteiger partial charge in [0.25, 0.3) is 0 Å². The second-order valence-electron chi connectivity index (χ2n) is 2.24. The maximum atomic E-state index is 10.8. The lowest BCUT2D eigenvalue weighted by molar-refractivity contribution is -0.113. The molecular weight excluding hydrogens is 148 g/mol. The summed E-state index contributed by atoms with van der Waals surface area (Å²) in [4.78, 5) is 10.8. The van der Waals surface area contributed by atoms with Gasteiger partial charge in [0.05, 0.1) is 0 Å². The van der Waals surface area contributed by atoms with Crippen LogP contribution in [0.3, 0.4) is 0 Å². The Kier molecular flexibility index (Phi) is 5.98. The Hall–Kier alpha value is -1.11. The smallest absolute Gasteiger partial charge is 0.159 e. The zero-order chi connectivity index (χ0) is 9.40. The molecule has 0 aromatic carbocycles. The van der Waals surface area contributed by atoms with E-state index in [1.165, 1.54) is 0 Å². The van der Waals surface area contributed by atoms with Gasteiger partial charge in [0, 0.05) is 5.57 Å². The highest BCUT2D eigenvalue weighted by molar-refractivity contribution is 5.96. The van der Waals surface area contributed by atoms with Crippen LogP contribution in [0.15, 0.2) is 36.0 Å². The van der Waals surface area contributed by atoms with Gasteiger partial charge >= 0.3 is 0 Å². The van der Waals surface area contributed by atoms with E-state index >= 15 is 0 Å². The monoisotopic (exact) mass is 164 g/mol. The van der Waals surface area contributed by atoms with E-state index in [9.17, 15) is 4.79 Å². The van der Waals surface area contributed by atoms with Crippen LogP contribution in [-0.2, 0) is 4.79 Å². The predicted octanol–water partition coefficient (Wildman–Crippen LogP) is 3.04. The van der Waals surface area contributed by atoms with E-state index in [-0.39, 0.29) is 5.78 Å². The summed E-state index contributed by atoms with van der Waals surface area (Å²) in [7, 11) is 0. The third-order valence-electron chi connectivity index (χ3n) is 1.39. The number of hydrogen-bond acceptors (Lipinski definition) is 1. The highest BCUT2D eigenvalue weighted by Gasteiger charge is 1.97. The second-order valence-corrected chi connectivity index (χ2v) is 2.24. The molecule has 0 amide bonds. The lowest BCUT2D eigenvalue weighted by Gasteiger charge is -1.89. The van der Waals surface area contributed by atoms with Gasteiger partial charge in [-0.05, 0) is 13.3 Å². The van der Waals surface area contributed by atoms with Crippen molar-refractivity contribution >= 4 is 5.78 Å². The second kappa shape index (κ2) is 6.59. The van der Waals surface area contributed by atoms with Gasteiger partial charge in [-0.15, -0.1) is 0 Å². The summed E-state index contributed by atoms with van der Waals surface area (Å²) in [6.07, 6.45) is 10.5. The molecule has 0 bridgehead atoms. The Balaban J connectivity index is 0.000000561. The largest absolute Gasteiger partial charge is 0.295 e. The molecule has 1 heteroatoms. The summed E-state index contributed by atoms with van der Waals surface area (Å²) in [5, 5.41) is 0. The zero-order valence-corrected chi connectivity index (χ0v) is 8.00. The van der Waals surface area contributed by atoms with Gasteiger partial charge in [0.1, 0.15) is 0 Å². The highest BCUT2D eigenvalue weighted by Crippen LogP contribution is 2.04. The quantitative estimate of drug-likeness (QED) is 0.582. The minimum atomic E-state index is 0.128. The molecule has 1 aliphatic rings. The Morgan fingerprint density at radius 2 is 2.00 bits per heavy atom. The fraction of sp³-hybridized carbons (Fsp3) is 0.364. The fourth-order valence-corrected chi connectivity index (χ4v) is 0.814. The average Bonchev–Trinajstić information content (AvgIpc) is 2.35. The van der Waals surface area contributed by atoms with Crippen molar-refractivity contribution in [2.75, 3.05) is 0 Å². The molecule has 66 valence electrons. The van der Waals surface area contributed by atoms with Crippen LogP contribution in [0.1, 0.15) is 27.2 Å². The van der Waals surface area contributed by atoms with E-state index in [4.69, 9.17) is 0 Å². The molecule has 0 fully saturated rings. The standard InChI is InChI=1S/C9H10O.C2H6/c1-8(10)9-6-4-2-3-5-7-9;1-2/h2,4-7H,3H2,1H3;1-2H3. The Bertz CT molecular complexity index is 219. The molecule has 0 radical (unpaired) electrons. The minimum Gasteiger partial charge on any atom is -0.295 e. The maximum absolute atomic E-state index is 10.8. The lowest BCUT2D eigenvalue weighted by Crippen LogP contribution is -1.91. The molecule has 0 spiro atoms. The van der Waals surface area contributed by atoms with Crippen LogP contribution in [0, 0.1) is 0 Å². The molecule has 0 heterocycles. The number of rotatable bonds is 1. The molecule has 0 aromatic rings. The van der Waals surface area contributed by atoms with Gasteiger partial charge in [0.15, 0.2) is 5.78 Å². The summed E-state index contributed by atoms with van der Waals surface area (Å²) in [6.45, 7) is 5.58. The Morgan fingerprint density at radius 1 is 1.33 bits per heavy atom. The number of ketones is 1. The van der Waals surface area contributed by atoms with E-state index in [0.29, 0.717) is 0 Å². The molecule has 0 aromatic heterocycles. The number of Topliss-reactive ketones (excluding diaryl/α,β-unsaturated/α-hetero) is 1. The molecule has 0 N–H and O–H groups in total. The van der Waals surface area contributed by atoms with Crippen molar-refractivity contribution < 1.29 is 4.79 Å². The van der Waals surface area contributed by atoms with Crippen molar-refractivity contribution in [3.8, 4) is 0 Å². The molecule has 0 saturated carbocycles. The van der Waals surface area contributed by atoms with Gasteiger partial charge in [-0.1, -0.05) is 44.2 Å². The Labute approximate surface area is 74.5 Å². The van der Waals surface area contributed by atoms with Crippen LogP contribution in [0.2, 0.25) is 0 Å². The maximum Gasteiger partial charge on any atom is 0.159 e. The van der Waals surface area contributed by atoms with Crippen LogP contribution in [-0.4, -0.2) is 5.78 Å². The Morgan fingerprint density at radius 3 is 2.58 bits per heavy atom. The molecule has 1 nitrogen and oxygen atoms in total. The highest BCUT2D eigenvalue weighted by atomic mass is 16.1. The average molecular weight is 164 g/mol. The van der Waals surface area contributed by atoms with Crippen LogP contribution in [0.4, 0.5) is 0 Å². The van der Waals surface area contributed by atoms with Gasteiger partial charge in [-0.3, -0.25) is 4.79 Å². The molecule has 0 atom stereocenters. The molecule has 0 aliphatic heterocycles. The summed E-state index contributed by atoms with van der Waals surface area (Å²) in [5.41, 5.74) is 0.786. The first-order chi connectivity index (χ1) is 5.80. The summed E-state index contributed by atoms with van der Waals surface area (Å²) in [6, 6.07) is 0. The minimum absolute atomic E-state index is 0.128. The molecule has 1 aliphatic carbocycles. The normalized spacial score (nSPS) is 14.1. The molecular formula is C11H16O. The van der Waals surface area contributed by atoms with Crippen molar-refractivity contribution in [1.29, 1.82) is 0 Å². The molecule has 0 saturated heterocycles. The topological polar surface area (TPSA) is 17.1 Å². The lowest BCUT2D eigenvalue weighted by atomic mass is 10.2. The zero-order valence-electron chi connectivity index (χ0n) is 8.00. The van der Waals surface area contributed by atoms with E-state index in [1.54, 1.807) is 6.92 Å². The van der Waals surface area contributed by atoms with Crippen LogP contribution >= 0.6 is 0 Å². The van der Waals surface area contributed by atoms with E-state index < -0.39 is 0 Å². The van der Waals surface area contributed by atoms with Crippen LogP contribution in [0.25, 0.3) is 0 Å². The van der Waals surface area contributed by atoms with E-state index in [2.05, 4.69) is 0 Å². The SMILES string of the molecule is CC.CC(=O)C1=CC=CCC=C1. The number of carbonyl (C=O) groups excluding carboxylic acids is 1. The van der Waals surface area contributed by atoms with Crippen molar-refractivity contribution in [2.24, 2.45) is 0 Å². The van der Waals surface area contributed by atoms with Gasteiger partial charge < -0.3 is 0 Å². The predicted molar refractivity (Wildman–Crippen MR) is 53.0 cm³/mol. The summed E-state index contributed by atoms with van der Waals surface area (Å²) >= 11 is 0. The third-order valence-corrected chi connectivity index (χ3v) is 1.39. The first kappa shape index (κ1) is 10.9. The van der Waals surface area contributed by atoms with Crippen molar-refractivity contribution in [2.45, 2.75) is 27.2 Å². The number of carbonyl (C=O) groups is 1. The van der Waals surface area contributed by atoms with Gasteiger partial charge in [-0.25, -0.2) is 0 Å². The fourth-order valence-electron chi connectivity index (χ4n) is 0.814. The van der Waals surface area contributed by atoms with Crippen LogP contribution < -0.4 is 0 Å². The summed E-state index contributed by atoms with van der Waals surface area (Å²) < 4.78 is 0. The van der Waals surface area contributed by atoms with Crippen molar-refractivity contribution in [1.82, 2.24) is 0 Å². The molecule has 1 rings (SSSR count). The first-order valence-electron chi connectivity index (χ1n) is 4.35. The van der Waals surface area contributed by atoms with Gasteiger partial charge in [0.2, 0.25) is 0 Å². The number of hydrogen-bond donors (Lipinski definition) is 0. The van der Waals surface area contributed by atoms with Crippen molar-refractivity contribution in [3.05, 3.63) is 36.0 Å². The first-order valence-corrected chi connectivity index (χ1v) is 4.35. The molecule has 12 heavy (non-hydrogen) atoms. The van der Waals surface area contributed by atoms with E-state index in [0.717, 1.165) is 12.0 Å². The number of allylic oxidation sites excluding steroid dienone is 6. The van der Waals surface area contributed by atoms with Crippen LogP contribution in [0.5, 0.6) is 0 Å².